The van der Waals surface area contributed by atoms with Crippen LogP contribution in [0.3, 0.4) is 0 Å². The van der Waals surface area contributed by atoms with Crippen molar-refractivity contribution in [3.8, 4) is 11.4 Å². The minimum Gasteiger partial charge on any atom is -0.506 e. The van der Waals surface area contributed by atoms with Gasteiger partial charge in [-0.3, -0.25) is 4.79 Å². The number of carbonyl (C=O) groups is 1. The lowest BCUT2D eigenvalue weighted by molar-refractivity contribution is -0.142. The Morgan fingerprint density at radius 2 is 2.16 bits per heavy atom. The summed E-state index contributed by atoms with van der Waals surface area (Å²) in [5.74, 6) is -0.899. The van der Waals surface area contributed by atoms with Gasteiger partial charge in [-0.15, -0.1) is 0 Å². The number of phenols is 1. The fraction of sp³-hybridized carbons (Fsp3) is 0.286. The zero-order valence-corrected chi connectivity index (χ0v) is 10.3. The third-order valence-corrected chi connectivity index (χ3v) is 3.61. The minimum absolute atomic E-state index is 0.175. The molecule has 3 rings (SSSR count). The molecule has 1 heterocycles. The standard InChI is InChI=1S/C14H14N2O3/c17-13-4-2-1-3-12(13)16-11-6-5-9(14(18)19)7-10(11)8-15-16/h1-4,8-9,17H,5-7H2,(H,18,19). The molecular weight excluding hydrogens is 244 g/mol. The second kappa shape index (κ2) is 4.42. The highest BCUT2D eigenvalue weighted by atomic mass is 16.4. The monoisotopic (exact) mass is 258 g/mol. The van der Waals surface area contributed by atoms with E-state index in [-0.39, 0.29) is 11.7 Å². The summed E-state index contributed by atoms with van der Waals surface area (Å²) in [6.45, 7) is 0. The molecule has 2 N–H and O–H groups in total. The van der Waals surface area contributed by atoms with E-state index in [1.165, 1.54) is 0 Å². The van der Waals surface area contributed by atoms with E-state index >= 15 is 0 Å². The Morgan fingerprint density at radius 3 is 2.89 bits per heavy atom. The normalized spacial score (nSPS) is 18.0. The van der Waals surface area contributed by atoms with Crippen molar-refractivity contribution in [3.63, 3.8) is 0 Å². The number of para-hydroxylation sites is 2. The zero-order valence-electron chi connectivity index (χ0n) is 10.3. The molecule has 0 spiro atoms. The van der Waals surface area contributed by atoms with Crippen LogP contribution in [0.15, 0.2) is 30.5 Å². The van der Waals surface area contributed by atoms with E-state index in [9.17, 15) is 9.90 Å². The van der Waals surface area contributed by atoms with Crippen molar-refractivity contribution in [2.45, 2.75) is 19.3 Å². The Labute approximate surface area is 110 Å². The fourth-order valence-corrected chi connectivity index (χ4v) is 2.58. The lowest BCUT2D eigenvalue weighted by Gasteiger charge is -2.19. The summed E-state index contributed by atoms with van der Waals surface area (Å²) in [5.41, 5.74) is 2.60. The number of aromatic nitrogens is 2. The van der Waals surface area contributed by atoms with Crippen LogP contribution in [-0.2, 0) is 17.6 Å². The second-order valence-electron chi connectivity index (χ2n) is 4.79. The molecule has 1 unspecified atom stereocenters. The van der Waals surface area contributed by atoms with E-state index in [1.54, 1.807) is 29.1 Å². The van der Waals surface area contributed by atoms with Crippen LogP contribution in [0.2, 0.25) is 0 Å². The molecule has 5 heteroatoms. The highest BCUT2D eigenvalue weighted by molar-refractivity contribution is 5.71. The second-order valence-corrected chi connectivity index (χ2v) is 4.79. The van der Waals surface area contributed by atoms with Crippen molar-refractivity contribution in [1.82, 2.24) is 9.78 Å². The number of benzene rings is 1. The molecule has 2 aromatic rings. The predicted octanol–water partition coefficient (Wildman–Crippen LogP) is 1.77. The zero-order chi connectivity index (χ0) is 13.4. The van der Waals surface area contributed by atoms with E-state index < -0.39 is 5.97 Å². The van der Waals surface area contributed by atoms with Gasteiger partial charge in [0.25, 0.3) is 0 Å². The molecule has 98 valence electrons. The summed E-state index contributed by atoms with van der Waals surface area (Å²) in [6, 6.07) is 7.01. The molecule has 0 radical (unpaired) electrons. The molecular formula is C14H14N2O3. The summed E-state index contributed by atoms with van der Waals surface area (Å²) in [5, 5.41) is 23.2. The number of carboxylic acids is 1. The number of fused-ring (bicyclic) bond motifs is 1. The molecule has 0 amide bonds. The molecule has 1 aromatic heterocycles. The Balaban J connectivity index is 2.00. The van der Waals surface area contributed by atoms with E-state index in [0.29, 0.717) is 24.9 Å². The van der Waals surface area contributed by atoms with Gasteiger partial charge in [0.1, 0.15) is 11.4 Å². The van der Waals surface area contributed by atoms with Gasteiger partial charge in [0.2, 0.25) is 0 Å². The third-order valence-electron chi connectivity index (χ3n) is 3.61. The van der Waals surface area contributed by atoms with Gasteiger partial charge in [-0.25, -0.2) is 4.68 Å². The number of carboxylic acid groups (broad SMARTS) is 1. The maximum atomic E-state index is 11.0. The van der Waals surface area contributed by atoms with Gasteiger partial charge in [-0.2, -0.15) is 5.10 Å². The molecule has 1 aliphatic rings. The van der Waals surface area contributed by atoms with Gasteiger partial charge < -0.3 is 10.2 Å². The van der Waals surface area contributed by atoms with Crippen LogP contribution < -0.4 is 0 Å². The van der Waals surface area contributed by atoms with E-state index in [1.807, 2.05) is 6.07 Å². The van der Waals surface area contributed by atoms with Crippen molar-refractivity contribution < 1.29 is 15.0 Å². The lowest BCUT2D eigenvalue weighted by atomic mass is 9.88. The maximum absolute atomic E-state index is 11.0. The molecule has 19 heavy (non-hydrogen) atoms. The first kappa shape index (κ1) is 11.8. The summed E-state index contributed by atoms with van der Waals surface area (Å²) in [4.78, 5) is 11.0. The van der Waals surface area contributed by atoms with Gasteiger partial charge in [0, 0.05) is 5.69 Å². The van der Waals surface area contributed by atoms with Crippen molar-refractivity contribution in [1.29, 1.82) is 0 Å². The number of aliphatic carboxylic acids is 1. The molecule has 0 bridgehead atoms. The number of nitrogens with zero attached hydrogens (tertiary/aromatic N) is 2. The minimum atomic E-state index is -0.749. The van der Waals surface area contributed by atoms with Crippen LogP contribution >= 0.6 is 0 Å². The van der Waals surface area contributed by atoms with Crippen molar-refractivity contribution >= 4 is 5.97 Å². The Morgan fingerprint density at radius 1 is 1.37 bits per heavy atom. The average Bonchev–Trinajstić information content (AvgIpc) is 2.82. The number of aromatic hydroxyl groups is 1. The molecule has 1 aliphatic carbocycles. The summed E-state index contributed by atoms with van der Waals surface area (Å²) in [7, 11) is 0. The molecule has 0 saturated heterocycles. The number of hydrogen-bond acceptors (Lipinski definition) is 3. The Kier molecular flexibility index (Phi) is 2.74. The van der Waals surface area contributed by atoms with Crippen LogP contribution in [-0.4, -0.2) is 26.0 Å². The van der Waals surface area contributed by atoms with Crippen LogP contribution in [0.5, 0.6) is 5.75 Å². The molecule has 0 saturated carbocycles. The Hall–Kier alpha value is -2.30. The maximum Gasteiger partial charge on any atom is 0.306 e. The van der Waals surface area contributed by atoms with Gasteiger partial charge >= 0.3 is 5.97 Å². The van der Waals surface area contributed by atoms with Gasteiger partial charge in [0.15, 0.2) is 0 Å². The van der Waals surface area contributed by atoms with Gasteiger partial charge in [-0.05, 0) is 37.0 Å². The summed E-state index contributed by atoms with van der Waals surface area (Å²) in [6.07, 6.45) is 3.50. The van der Waals surface area contributed by atoms with Crippen LogP contribution in [0.1, 0.15) is 17.7 Å². The predicted molar refractivity (Wildman–Crippen MR) is 68.4 cm³/mol. The average molecular weight is 258 g/mol. The topological polar surface area (TPSA) is 75.3 Å². The summed E-state index contributed by atoms with van der Waals surface area (Å²) < 4.78 is 1.71. The van der Waals surface area contributed by atoms with Crippen LogP contribution in [0.4, 0.5) is 0 Å². The largest absolute Gasteiger partial charge is 0.506 e. The number of phenolic OH excluding ortho intramolecular Hbond substituents is 1. The molecule has 1 atom stereocenters. The Bertz CT molecular complexity index is 633. The quantitative estimate of drug-likeness (QED) is 0.860. The number of hydrogen-bond donors (Lipinski definition) is 2. The van der Waals surface area contributed by atoms with E-state index in [0.717, 1.165) is 11.3 Å². The molecule has 1 aromatic carbocycles. The van der Waals surface area contributed by atoms with Crippen LogP contribution in [0.25, 0.3) is 5.69 Å². The highest BCUT2D eigenvalue weighted by Gasteiger charge is 2.27. The van der Waals surface area contributed by atoms with Crippen LogP contribution in [0, 0.1) is 5.92 Å². The first-order valence-corrected chi connectivity index (χ1v) is 6.24. The number of rotatable bonds is 2. The summed E-state index contributed by atoms with van der Waals surface area (Å²) >= 11 is 0. The van der Waals surface area contributed by atoms with E-state index in [2.05, 4.69) is 5.10 Å². The fourth-order valence-electron chi connectivity index (χ4n) is 2.58. The molecule has 0 aliphatic heterocycles. The first-order chi connectivity index (χ1) is 9.16. The molecule has 0 fully saturated rings. The van der Waals surface area contributed by atoms with Crippen molar-refractivity contribution in [2.24, 2.45) is 5.92 Å². The first-order valence-electron chi connectivity index (χ1n) is 6.24. The third kappa shape index (κ3) is 1.97. The highest BCUT2D eigenvalue weighted by Crippen LogP contribution is 2.29. The van der Waals surface area contributed by atoms with E-state index in [4.69, 9.17) is 5.11 Å². The van der Waals surface area contributed by atoms with Gasteiger partial charge in [-0.1, -0.05) is 12.1 Å². The van der Waals surface area contributed by atoms with Crippen molar-refractivity contribution in [3.05, 3.63) is 41.7 Å². The lowest BCUT2D eigenvalue weighted by Crippen LogP contribution is -2.22. The van der Waals surface area contributed by atoms with Gasteiger partial charge in [0.05, 0.1) is 12.1 Å². The molecule has 5 nitrogen and oxygen atoms in total. The smallest absolute Gasteiger partial charge is 0.306 e. The van der Waals surface area contributed by atoms with Crippen molar-refractivity contribution in [2.75, 3.05) is 0 Å². The SMILES string of the molecule is O=C(O)C1CCc2c(cnn2-c2ccccc2O)C1.